The lowest BCUT2D eigenvalue weighted by Crippen LogP contribution is -2.34. The maximum absolute atomic E-state index is 12.3. The molecule has 10 nitrogen and oxygen atoms in total. The van der Waals surface area contributed by atoms with Gasteiger partial charge in [0, 0.05) is 29.6 Å². The van der Waals surface area contributed by atoms with Gasteiger partial charge in [-0.05, 0) is 144 Å². The minimum absolute atomic E-state index is 0. The van der Waals surface area contributed by atoms with E-state index >= 15 is 0 Å². The van der Waals surface area contributed by atoms with Gasteiger partial charge in [-0.15, -0.1) is 22.7 Å². The Balaban J connectivity index is 0.000000209. The van der Waals surface area contributed by atoms with Gasteiger partial charge in [0.1, 0.15) is 39.3 Å². The lowest BCUT2D eigenvalue weighted by molar-refractivity contribution is 0.0503. The number of aromatic nitrogens is 2. The van der Waals surface area contributed by atoms with E-state index in [1.807, 2.05) is 103 Å². The summed E-state index contributed by atoms with van der Waals surface area (Å²) in [6.45, 7) is 13.4. The van der Waals surface area contributed by atoms with Crippen molar-refractivity contribution in [3.63, 3.8) is 0 Å². The van der Waals surface area contributed by atoms with E-state index in [2.05, 4.69) is 57.8 Å². The highest BCUT2D eigenvalue weighted by Crippen LogP contribution is 2.43. The van der Waals surface area contributed by atoms with Crippen LogP contribution in [0.3, 0.4) is 0 Å². The van der Waals surface area contributed by atoms with Gasteiger partial charge < -0.3 is 25.3 Å². The van der Waals surface area contributed by atoms with E-state index in [1.54, 1.807) is 22.7 Å². The molecule has 62 heavy (non-hydrogen) atoms. The fourth-order valence-corrected chi connectivity index (χ4v) is 9.61. The van der Waals surface area contributed by atoms with Gasteiger partial charge >= 0.3 is 6.09 Å². The van der Waals surface area contributed by atoms with Gasteiger partial charge in [-0.25, -0.2) is 14.8 Å². The van der Waals surface area contributed by atoms with Gasteiger partial charge in [-0.1, -0.05) is 43.8 Å². The maximum atomic E-state index is 12.3. The van der Waals surface area contributed by atoms with Gasteiger partial charge in [0.25, 0.3) is 0 Å². The van der Waals surface area contributed by atoms with Gasteiger partial charge in [0.05, 0.1) is 39.1 Å². The van der Waals surface area contributed by atoms with Crippen LogP contribution < -0.4 is 20.5 Å². The predicted molar refractivity (Wildman–Crippen MR) is 249 cm³/mol. The molecule has 0 fully saturated rings. The first kappa shape index (κ1) is 45.5. The van der Waals surface area contributed by atoms with E-state index in [1.165, 1.54) is 22.3 Å². The predicted octanol–water partition coefficient (Wildman–Crippen LogP) is 12.4. The van der Waals surface area contributed by atoms with Crippen LogP contribution in [0, 0.1) is 22.7 Å². The molecule has 4 aromatic carbocycles. The molecule has 0 spiro atoms. The number of nitrogens with two attached hydrogens (primary N) is 1. The molecule has 0 radical (unpaired) electrons. The highest BCUT2D eigenvalue weighted by molar-refractivity contribution is 7.18. The van der Waals surface area contributed by atoms with Crippen molar-refractivity contribution >= 4 is 28.8 Å². The molecule has 2 aliphatic carbocycles. The number of hydrogen-bond donors (Lipinski definition) is 2. The van der Waals surface area contributed by atoms with E-state index in [4.69, 9.17) is 19.9 Å². The molecule has 2 atom stereocenters. The molecule has 2 heterocycles. The lowest BCUT2D eigenvalue weighted by Gasteiger charge is -2.22. The minimum atomic E-state index is -0.531. The number of alkyl carbamates (subject to hydrolysis) is 1. The minimum Gasteiger partial charge on any atom is -0.490 e. The van der Waals surface area contributed by atoms with Crippen LogP contribution in [0.25, 0.3) is 42.0 Å². The van der Waals surface area contributed by atoms with Crippen molar-refractivity contribution in [2.75, 3.05) is 0 Å². The summed E-state index contributed by atoms with van der Waals surface area (Å²) in [6, 6.07) is 28.4. The third-order valence-corrected chi connectivity index (χ3v) is 12.4. The molecule has 2 aliphatic rings. The fraction of sp³-hybridized carbons (Fsp3) is 0.340. The molecule has 6 aromatic rings. The molecule has 2 aromatic heterocycles. The number of nitrogens with one attached hydrogen (secondary N) is 1. The average Bonchev–Trinajstić information content (AvgIpc) is 4.05. The van der Waals surface area contributed by atoms with Crippen LogP contribution in [0.4, 0.5) is 4.79 Å². The number of rotatable bonds is 9. The molecular formula is C50H54N6O4S2. The van der Waals surface area contributed by atoms with Crippen LogP contribution in [-0.4, -0.2) is 33.9 Å². The molecule has 8 rings (SSSR count). The first-order valence-corrected chi connectivity index (χ1v) is 22.2. The Morgan fingerprint density at radius 1 is 0.758 bits per heavy atom. The molecule has 12 heteroatoms. The second kappa shape index (κ2) is 19.3. The van der Waals surface area contributed by atoms with Crippen LogP contribution in [0.5, 0.6) is 11.5 Å². The Kier molecular flexibility index (Phi) is 14.2. The number of benzene rings is 4. The molecule has 1 amide bonds. The third-order valence-electron chi connectivity index (χ3n) is 10.2. The SMILES string of the molecule is C.CC(C)Oc1ccc(-c2ncc(-c3cccc4c3CC[C@@H]4N)s2)cc1C#N.CC(C)Oc1ccc(-c2ncc(-c3cccc4c3CC[C@@H]4NC(=O)OC(C)(C)C)s2)cc1C#N. The number of carbonyl (C=O) groups is 1. The van der Waals surface area contributed by atoms with Crippen molar-refractivity contribution in [3.8, 4) is 65.7 Å². The van der Waals surface area contributed by atoms with E-state index in [0.29, 0.717) is 22.6 Å². The lowest BCUT2D eigenvalue weighted by atomic mass is 10.0. The zero-order valence-electron chi connectivity index (χ0n) is 35.5. The summed E-state index contributed by atoms with van der Waals surface area (Å²) < 4.78 is 16.9. The number of amides is 1. The number of hydrogen-bond acceptors (Lipinski definition) is 11. The summed E-state index contributed by atoms with van der Waals surface area (Å²) in [5.74, 6) is 1.20. The molecule has 0 saturated heterocycles. The van der Waals surface area contributed by atoms with Crippen molar-refractivity contribution in [1.29, 1.82) is 10.5 Å². The van der Waals surface area contributed by atoms with E-state index in [0.717, 1.165) is 67.7 Å². The van der Waals surface area contributed by atoms with E-state index in [-0.39, 0.29) is 31.7 Å². The maximum Gasteiger partial charge on any atom is 0.408 e. The first-order chi connectivity index (χ1) is 29.2. The van der Waals surface area contributed by atoms with E-state index < -0.39 is 11.7 Å². The Morgan fingerprint density at radius 3 is 1.73 bits per heavy atom. The summed E-state index contributed by atoms with van der Waals surface area (Å²) in [7, 11) is 0. The van der Waals surface area contributed by atoms with Crippen molar-refractivity contribution in [2.24, 2.45) is 5.73 Å². The number of nitrogens with zero attached hydrogens (tertiary/aromatic N) is 4. The Hall–Kier alpha value is -6.05. The van der Waals surface area contributed by atoms with Gasteiger partial charge in [0.15, 0.2) is 0 Å². The Morgan fingerprint density at radius 2 is 1.24 bits per heavy atom. The van der Waals surface area contributed by atoms with Crippen LogP contribution >= 0.6 is 22.7 Å². The zero-order chi connectivity index (χ0) is 43.4. The average molecular weight is 867 g/mol. The van der Waals surface area contributed by atoms with Crippen molar-refractivity contribution in [2.45, 2.75) is 111 Å². The molecule has 0 unspecified atom stereocenters. The number of carbonyl (C=O) groups excluding carboxylic acids is 1. The van der Waals surface area contributed by atoms with Crippen LogP contribution in [0.2, 0.25) is 0 Å². The molecule has 0 bridgehead atoms. The fourth-order valence-electron chi connectivity index (χ4n) is 7.68. The van der Waals surface area contributed by atoms with E-state index in [9.17, 15) is 15.3 Å². The summed E-state index contributed by atoms with van der Waals surface area (Å²) in [6.07, 6.45) is 7.16. The molecule has 3 N–H and O–H groups in total. The smallest absolute Gasteiger partial charge is 0.408 e. The second-order valence-electron chi connectivity index (χ2n) is 16.7. The van der Waals surface area contributed by atoms with Gasteiger partial charge in [-0.2, -0.15) is 10.5 Å². The summed E-state index contributed by atoms with van der Waals surface area (Å²) in [5, 5.41) is 23.8. The summed E-state index contributed by atoms with van der Waals surface area (Å²) in [4.78, 5) is 23.7. The number of fused-ring (bicyclic) bond motifs is 2. The zero-order valence-corrected chi connectivity index (χ0v) is 37.2. The monoisotopic (exact) mass is 866 g/mol. The third kappa shape index (κ3) is 10.3. The molecular weight excluding hydrogens is 813 g/mol. The number of ether oxygens (including phenoxy) is 3. The largest absolute Gasteiger partial charge is 0.490 e. The van der Waals surface area contributed by atoms with Crippen molar-refractivity contribution in [1.82, 2.24) is 15.3 Å². The topological polar surface area (TPSA) is 156 Å². The van der Waals surface area contributed by atoms with Gasteiger partial charge in [0.2, 0.25) is 0 Å². The summed E-state index contributed by atoms with van der Waals surface area (Å²) in [5.41, 5.74) is 15.9. The van der Waals surface area contributed by atoms with Crippen LogP contribution in [-0.2, 0) is 17.6 Å². The Labute approximate surface area is 373 Å². The summed E-state index contributed by atoms with van der Waals surface area (Å²) >= 11 is 3.24. The highest BCUT2D eigenvalue weighted by Gasteiger charge is 2.29. The second-order valence-corrected chi connectivity index (χ2v) is 18.7. The number of nitriles is 2. The highest BCUT2D eigenvalue weighted by atomic mass is 32.1. The Bertz CT molecular complexity index is 2640. The molecule has 0 saturated carbocycles. The normalized spacial score (nSPS) is 15.0. The van der Waals surface area contributed by atoms with Gasteiger partial charge in [-0.3, -0.25) is 0 Å². The standard InChI is InChI=1S/C27H29N3O3S.C22H21N3OS.CH4/c1-16(2)32-23-12-9-17(13-18(23)14-28)25-29-15-24(34-25)21-8-6-7-20-19(21)10-11-22(20)30-26(31)33-27(3,4)5;1-13(2)26-20-9-6-14(10-15(20)11-23)22-25-12-21(27-22)18-5-3-4-17-16(18)7-8-19(17)24;/h6-9,12-13,15-16,22H,10-11H2,1-5H3,(H,30,31);3-6,9-10,12-13,19H,7-8,24H2,1-2H3;1H4/t22-;19-;/m00./s1. The van der Waals surface area contributed by atoms with Crippen molar-refractivity contribution in [3.05, 3.63) is 119 Å². The quantitative estimate of drug-likeness (QED) is 0.144. The molecule has 0 aliphatic heterocycles. The first-order valence-electron chi connectivity index (χ1n) is 20.5. The van der Waals surface area contributed by atoms with Crippen LogP contribution in [0.1, 0.15) is 114 Å². The van der Waals surface area contributed by atoms with Crippen molar-refractivity contribution < 1.29 is 19.0 Å². The van der Waals surface area contributed by atoms with Crippen LogP contribution in [0.15, 0.2) is 85.2 Å². The number of thiazole rings is 2. The molecule has 320 valence electrons.